The van der Waals surface area contributed by atoms with Crippen molar-refractivity contribution in [3.05, 3.63) is 40.1 Å². The maximum absolute atomic E-state index is 13.2. The van der Waals surface area contributed by atoms with Gasteiger partial charge in [-0.05, 0) is 0 Å². The molecule has 3 aromatic heterocycles. The van der Waals surface area contributed by atoms with Gasteiger partial charge in [0.05, 0.1) is 0 Å². The summed E-state index contributed by atoms with van der Waals surface area (Å²) in [6.45, 7) is 0. The van der Waals surface area contributed by atoms with E-state index >= 15 is 0 Å². The monoisotopic (exact) mass is 553 g/mol. The van der Waals surface area contributed by atoms with E-state index in [1.807, 2.05) is 0 Å². The van der Waals surface area contributed by atoms with Crippen molar-refractivity contribution in [2.45, 2.75) is 13.5 Å². The quantitative estimate of drug-likeness (QED) is 0.161. The third kappa shape index (κ3) is 2.91. The zero-order chi connectivity index (χ0) is 21.9. The second-order valence-corrected chi connectivity index (χ2v) is 11.5. The molecule has 2 aliphatic rings. The number of thiophene rings is 1. The molecule has 0 saturated carbocycles. The molecule has 1 amide bonds. The molecule has 1 aliphatic heterocycles. The third-order valence-electron chi connectivity index (χ3n) is 5.11. The number of aliphatic hydroxyl groups excluding tert-OH is 2. The van der Waals surface area contributed by atoms with Crippen molar-refractivity contribution in [3.63, 3.8) is 0 Å². The summed E-state index contributed by atoms with van der Waals surface area (Å²) in [4.78, 5) is 26.1. The summed E-state index contributed by atoms with van der Waals surface area (Å²) in [5.41, 5.74) is 1.28. The van der Waals surface area contributed by atoms with Gasteiger partial charge in [-0.15, -0.1) is 0 Å². The number of fused-ring (bicyclic) bond motifs is 2. The number of rotatable bonds is 3. The SMILES string of the molecule is CNC(=O)[C@@]12[I-]C1C(n1cnc3c(NC)nc(C#Cc4ccc(F)s4)nc31)=C(O)C2O. The van der Waals surface area contributed by atoms with Gasteiger partial charge in [0.25, 0.3) is 0 Å². The first-order valence-corrected chi connectivity index (χ1v) is 12.2. The minimum absolute atomic E-state index is 0.189. The van der Waals surface area contributed by atoms with Gasteiger partial charge in [0, 0.05) is 0 Å². The number of aromatic nitrogens is 4. The predicted octanol–water partition coefficient (Wildman–Crippen LogP) is -2.47. The fourth-order valence-electron chi connectivity index (χ4n) is 3.60. The van der Waals surface area contributed by atoms with Crippen LogP contribution in [0.5, 0.6) is 0 Å². The van der Waals surface area contributed by atoms with Crippen LogP contribution in [0.2, 0.25) is 0 Å². The molecule has 4 N–H and O–H groups in total. The van der Waals surface area contributed by atoms with Crippen LogP contribution in [0.4, 0.5) is 10.2 Å². The van der Waals surface area contributed by atoms with Crippen molar-refractivity contribution in [3.8, 4) is 11.8 Å². The third-order valence-corrected chi connectivity index (χ3v) is 10.2. The van der Waals surface area contributed by atoms with Crippen LogP contribution in [0.1, 0.15) is 10.7 Å². The number of hydrogen-bond donors (Lipinski definition) is 4. The van der Waals surface area contributed by atoms with Crippen molar-refractivity contribution >= 4 is 39.9 Å². The number of nitrogens with zero attached hydrogens (tertiary/aromatic N) is 4. The van der Waals surface area contributed by atoms with Crippen LogP contribution in [-0.2, 0) is 4.79 Å². The Labute approximate surface area is 189 Å². The Kier molecular flexibility index (Phi) is 4.65. The molecule has 0 aromatic carbocycles. The van der Waals surface area contributed by atoms with Crippen LogP contribution in [0.15, 0.2) is 24.2 Å². The number of nitrogens with one attached hydrogen (secondary N) is 2. The number of anilines is 1. The molecule has 9 nitrogen and oxygen atoms in total. The Morgan fingerprint density at radius 3 is 2.84 bits per heavy atom. The van der Waals surface area contributed by atoms with E-state index in [9.17, 15) is 19.4 Å². The molecule has 0 radical (unpaired) electrons. The van der Waals surface area contributed by atoms with Crippen LogP contribution in [0.3, 0.4) is 0 Å². The Bertz CT molecular complexity index is 1340. The van der Waals surface area contributed by atoms with E-state index in [4.69, 9.17) is 0 Å². The summed E-state index contributed by atoms with van der Waals surface area (Å²) in [6, 6.07) is 2.91. The average Bonchev–Trinajstić information content (AvgIpc) is 3.02. The Hall–Kier alpha value is -2.76. The molecule has 2 unspecified atom stereocenters. The summed E-state index contributed by atoms with van der Waals surface area (Å²) < 4.78 is 13.6. The second-order valence-electron chi connectivity index (χ2n) is 6.78. The summed E-state index contributed by atoms with van der Waals surface area (Å²) in [7, 11) is 3.20. The first-order chi connectivity index (χ1) is 14.9. The molecule has 31 heavy (non-hydrogen) atoms. The number of imidazole rings is 1. The maximum atomic E-state index is 13.2. The molecule has 3 atom stereocenters. The van der Waals surface area contributed by atoms with Crippen molar-refractivity contribution in [1.29, 1.82) is 0 Å². The molecule has 160 valence electrons. The Morgan fingerprint density at radius 1 is 1.35 bits per heavy atom. The number of amides is 1. The summed E-state index contributed by atoms with van der Waals surface area (Å²) in [6.07, 6.45) is 0.239. The molecule has 5 rings (SSSR count). The predicted molar refractivity (Wildman–Crippen MR) is 108 cm³/mol. The van der Waals surface area contributed by atoms with Gasteiger partial charge in [-0.3, -0.25) is 0 Å². The van der Waals surface area contributed by atoms with Gasteiger partial charge < -0.3 is 0 Å². The fraction of sp³-hybridized carbons (Fsp3) is 0.263. The van der Waals surface area contributed by atoms with Crippen molar-refractivity contribution in [2.75, 3.05) is 19.4 Å². The van der Waals surface area contributed by atoms with E-state index in [1.54, 1.807) is 17.7 Å². The van der Waals surface area contributed by atoms with E-state index in [2.05, 4.69) is 37.4 Å². The van der Waals surface area contributed by atoms with Gasteiger partial charge in [-0.1, -0.05) is 0 Å². The van der Waals surface area contributed by atoms with E-state index in [0.717, 1.165) is 11.3 Å². The van der Waals surface area contributed by atoms with Crippen LogP contribution >= 0.6 is 11.3 Å². The van der Waals surface area contributed by atoms with Gasteiger partial charge in [0.2, 0.25) is 0 Å². The number of alkyl halides is 2. The number of carbonyl (C=O) groups excluding carboxylic acids is 1. The van der Waals surface area contributed by atoms with E-state index < -0.39 is 30.7 Å². The number of aliphatic hydroxyl groups is 2. The van der Waals surface area contributed by atoms with Crippen LogP contribution in [0.25, 0.3) is 16.9 Å². The fourth-order valence-corrected chi connectivity index (χ4v) is 8.05. The van der Waals surface area contributed by atoms with Gasteiger partial charge in [0.1, 0.15) is 0 Å². The molecular weight excluding hydrogens is 538 g/mol. The number of allylic oxidation sites excluding steroid dienone is 1. The van der Waals surface area contributed by atoms with E-state index in [-0.39, 0.29) is 26.5 Å². The van der Waals surface area contributed by atoms with Gasteiger partial charge in [-0.25, -0.2) is 0 Å². The van der Waals surface area contributed by atoms with Crippen molar-refractivity contribution in [1.82, 2.24) is 24.8 Å². The Morgan fingerprint density at radius 2 is 2.16 bits per heavy atom. The zero-order valence-corrected chi connectivity index (χ0v) is 19.1. The molecule has 0 bridgehead atoms. The summed E-state index contributed by atoms with van der Waals surface area (Å²) in [5, 5.41) is 26.5. The van der Waals surface area contributed by atoms with E-state index in [0.29, 0.717) is 27.6 Å². The van der Waals surface area contributed by atoms with Crippen LogP contribution in [-0.4, -0.2) is 63.2 Å². The number of halogens is 2. The van der Waals surface area contributed by atoms with Crippen LogP contribution < -0.4 is 31.8 Å². The standard InChI is InChI=1S/C19H15FIN6O3S/c1-22-16-11-17(26-10(25-16)6-4-8-3-5-9(20)31-8)27(7-24-11)12-13(28)15(29)19(14(12)21-19)18(30)23-2/h3,5,7,14-15,28-29H,1-2H3,(H,23,30)(H,22,25,26)/q-1/t14?,15?,19-/m1/s1. The van der Waals surface area contributed by atoms with E-state index in [1.165, 1.54) is 19.4 Å². The molecule has 1 aliphatic carbocycles. The molecule has 4 heterocycles. The first-order valence-electron chi connectivity index (χ1n) is 9.09. The molecule has 1 fully saturated rings. The van der Waals surface area contributed by atoms with Gasteiger partial charge in [-0.2, -0.15) is 0 Å². The zero-order valence-electron chi connectivity index (χ0n) is 16.1. The van der Waals surface area contributed by atoms with Crippen molar-refractivity contribution < 1.29 is 40.6 Å². The summed E-state index contributed by atoms with van der Waals surface area (Å²) >= 11 is 0.214. The number of carbonyl (C=O) groups is 1. The molecular formula is C19H15FIN6O3S-. The molecule has 3 aromatic rings. The first kappa shape index (κ1) is 20.2. The van der Waals surface area contributed by atoms with Gasteiger partial charge in [0.15, 0.2) is 0 Å². The second kappa shape index (κ2) is 7.14. The molecule has 12 heteroatoms. The summed E-state index contributed by atoms with van der Waals surface area (Å²) in [5.74, 6) is 5.77. The van der Waals surface area contributed by atoms with Crippen LogP contribution in [0, 0.1) is 17.0 Å². The normalized spacial score (nSPS) is 24.3. The Balaban J connectivity index is 1.61. The number of hydrogen-bond acceptors (Lipinski definition) is 8. The van der Waals surface area contributed by atoms with Crippen molar-refractivity contribution in [2.24, 2.45) is 0 Å². The molecule has 0 spiro atoms. The topological polar surface area (TPSA) is 125 Å². The molecule has 1 saturated heterocycles. The average molecular weight is 553 g/mol. The van der Waals surface area contributed by atoms with Gasteiger partial charge >= 0.3 is 190 Å². The minimum atomic E-state index is -1.25.